The van der Waals surface area contributed by atoms with Gasteiger partial charge in [-0.3, -0.25) is 0 Å². The van der Waals surface area contributed by atoms with Crippen molar-refractivity contribution in [1.82, 2.24) is 9.88 Å². The molecule has 0 saturated heterocycles. The number of benzene rings is 1. The highest BCUT2D eigenvalue weighted by atomic mass is 32.1. The van der Waals surface area contributed by atoms with Crippen LogP contribution in [0.15, 0.2) is 30.3 Å². The maximum Gasteiger partial charge on any atom is 0.123 e. The van der Waals surface area contributed by atoms with Crippen molar-refractivity contribution in [3.63, 3.8) is 0 Å². The van der Waals surface area contributed by atoms with Crippen molar-refractivity contribution in [2.75, 3.05) is 13.6 Å². The van der Waals surface area contributed by atoms with E-state index >= 15 is 0 Å². The van der Waals surface area contributed by atoms with Gasteiger partial charge in [0.25, 0.3) is 0 Å². The van der Waals surface area contributed by atoms with Crippen LogP contribution in [0, 0.1) is 0 Å². The van der Waals surface area contributed by atoms with E-state index in [2.05, 4.69) is 36.2 Å². The van der Waals surface area contributed by atoms with Gasteiger partial charge < -0.3 is 4.90 Å². The van der Waals surface area contributed by atoms with Crippen LogP contribution in [0.25, 0.3) is 10.6 Å². The van der Waals surface area contributed by atoms with Gasteiger partial charge >= 0.3 is 0 Å². The van der Waals surface area contributed by atoms with Crippen LogP contribution >= 0.6 is 11.3 Å². The maximum atomic E-state index is 4.75. The molecule has 0 spiro atoms. The van der Waals surface area contributed by atoms with Gasteiger partial charge in [-0.1, -0.05) is 30.3 Å². The molecule has 0 unspecified atom stereocenters. The zero-order valence-electron chi connectivity index (χ0n) is 9.31. The summed E-state index contributed by atoms with van der Waals surface area (Å²) in [6, 6.07) is 10.5. The SMILES string of the molecule is CN1CCc2sc(-c3ccccc3)nc2C1. The zero-order chi connectivity index (χ0) is 11.0. The van der Waals surface area contributed by atoms with Crippen LogP contribution in [0.5, 0.6) is 0 Å². The number of rotatable bonds is 1. The smallest absolute Gasteiger partial charge is 0.123 e. The summed E-state index contributed by atoms with van der Waals surface area (Å²) in [4.78, 5) is 8.55. The first kappa shape index (κ1) is 10.00. The van der Waals surface area contributed by atoms with E-state index in [9.17, 15) is 0 Å². The van der Waals surface area contributed by atoms with Crippen molar-refractivity contribution in [3.05, 3.63) is 40.9 Å². The van der Waals surface area contributed by atoms with E-state index in [0.717, 1.165) is 19.5 Å². The molecule has 1 aromatic heterocycles. The summed E-state index contributed by atoms with van der Waals surface area (Å²) in [6.45, 7) is 2.15. The lowest BCUT2D eigenvalue weighted by atomic mass is 10.2. The predicted molar refractivity (Wildman–Crippen MR) is 67.6 cm³/mol. The number of hydrogen-bond acceptors (Lipinski definition) is 3. The predicted octanol–water partition coefficient (Wildman–Crippen LogP) is 2.80. The van der Waals surface area contributed by atoms with Crippen molar-refractivity contribution in [3.8, 4) is 10.6 Å². The number of fused-ring (bicyclic) bond motifs is 1. The molecule has 0 bridgehead atoms. The Balaban J connectivity index is 1.99. The summed E-state index contributed by atoms with van der Waals surface area (Å²) < 4.78 is 0. The van der Waals surface area contributed by atoms with Crippen LogP contribution in [0.1, 0.15) is 10.6 Å². The molecule has 3 heteroatoms. The number of nitrogens with zero attached hydrogens (tertiary/aromatic N) is 2. The highest BCUT2D eigenvalue weighted by molar-refractivity contribution is 7.15. The van der Waals surface area contributed by atoms with E-state index in [4.69, 9.17) is 4.98 Å². The van der Waals surface area contributed by atoms with Crippen molar-refractivity contribution >= 4 is 11.3 Å². The fraction of sp³-hybridized carbons (Fsp3) is 0.308. The van der Waals surface area contributed by atoms with Crippen molar-refractivity contribution < 1.29 is 0 Å². The third-order valence-corrected chi connectivity index (χ3v) is 4.15. The largest absolute Gasteiger partial charge is 0.300 e. The number of thiazole rings is 1. The Labute approximate surface area is 99.6 Å². The lowest BCUT2D eigenvalue weighted by Gasteiger charge is -2.20. The molecule has 0 aliphatic carbocycles. The van der Waals surface area contributed by atoms with Crippen LogP contribution in [0.2, 0.25) is 0 Å². The highest BCUT2D eigenvalue weighted by Gasteiger charge is 2.18. The molecule has 1 aliphatic rings. The Bertz CT molecular complexity index is 490. The molecule has 3 rings (SSSR count). The summed E-state index contributed by atoms with van der Waals surface area (Å²) in [5.41, 5.74) is 2.52. The maximum absolute atomic E-state index is 4.75. The molecule has 0 N–H and O–H groups in total. The molecular weight excluding hydrogens is 216 g/mol. The van der Waals surface area contributed by atoms with Crippen LogP contribution in [0.3, 0.4) is 0 Å². The molecule has 1 aliphatic heterocycles. The second-order valence-electron chi connectivity index (χ2n) is 4.24. The fourth-order valence-corrected chi connectivity index (χ4v) is 3.10. The summed E-state index contributed by atoms with van der Waals surface area (Å²) in [7, 11) is 2.16. The summed E-state index contributed by atoms with van der Waals surface area (Å²) >= 11 is 1.85. The first-order valence-electron chi connectivity index (χ1n) is 5.55. The van der Waals surface area contributed by atoms with Gasteiger partial charge in [0, 0.05) is 23.5 Å². The van der Waals surface area contributed by atoms with E-state index in [1.54, 1.807) is 0 Å². The molecule has 82 valence electrons. The van der Waals surface area contributed by atoms with E-state index in [-0.39, 0.29) is 0 Å². The van der Waals surface area contributed by atoms with Crippen LogP contribution in [-0.4, -0.2) is 23.5 Å². The minimum absolute atomic E-state index is 0.999. The monoisotopic (exact) mass is 230 g/mol. The molecule has 2 heterocycles. The first-order chi connectivity index (χ1) is 7.83. The van der Waals surface area contributed by atoms with Crippen LogP contribution in [-0.2, 0) is 13.0 Å². The average Bonchev–Trinajstić information content (AvgIpc) is 2.73. The van der Waals surface area contributed by atoms with E-state index in [1.807, 2.05) is 17.4 Å². The van der Waals surface area contributed by atoms with Gasteiger partial charge in [-0.05, 0) is 13.5 Å². The van der Waals surface area contributed by atoms with Crippen molar-refractivity contribution in [2.45, 2.75) is 13.0 Å². The minimum Gasteiger partial charge on any atom is -0.300 e. The molecular formula is C13H14N2S. The summed E-state index contributed by atoms with van der Waals surface area (Å²) in [5, 5.41) is 1.17. The van der Waals surface area contributed by atoms with E-state index in [1.165, 1.54) is 21.1 Å². The van der Waals surface area contributed by atoms with Gasteiger partial charge in [0.2, 0.25) is 0 Å². The minimum atomic E-state index is 0.999. The quantitative estimate of drug-likeness (QED) is 0.749. The standard InChI is InChI=1S/C13H14N2S/c1-15-8-7-12-11(9-15)14-13(16-12)10-5-3-2-4-6-10/h2-6H,7-9H2,1H3. The molecule has 0 amide bonds. The zero-order valence-corrected chi connectivity index (χ0v) is 10.1. The fourth-order valence-electron chi connectivity index (χ4n) is 2.03. The van der Waals surface area contributed by atoms with Gasteiger partial charge in [-0.15, -0.1) is 11.3 Å². The number of likely N-dealkylation sites (N-methyl/N-ethyl adjacent to an activating group) is 1. The van der Waals surface area contributed by atoms with Crippen LogP contribution < -0.4 is 0 Å². The average molecular weight is 230 g/mol. The Hall–Kier alpha value is -1.19. The van der Waals surface area contributed by atoms with Gasteiger partial charge in [-0.25, -0.2) is 4.98 Å². The van der Waals surface area contributed by atoms with E-state index < -0.39 is 0 Å². The number of hydrogen-bond donors (Lipinski definition) is 0. The Morgan fingerprint density at radius 1 is 1.25 bits per heavy atom. The molecule has 1 aromatic carbocycles. The molecule has 0 saturated carbocycles. The lowest BCUT2D eigenvalue weighted by Crippen LogP contribution is -2.25. The Kier molecular flexibility index (Phi) is 2.50. The van der Waals surface area contributed by atoms with Crippen molar-refractivity contribution in [2.24, 2.45) is 0 Å². The Morgan fingerprint density at radius 2 is 2.06 bits per heavy atom. The normalized spacial score (nSPS) is 16.1. The summed E-state index contributed by atoms with van der Waals surface area (Å²) in [6.07, 6.45) is 1.15. The highest BCUT2D eigenvalue weighted by Crippen LogP contribution is 2.30. The van der Waals surface area contributed by atoms with Crippen LogP contribution in [0.4, 0.5) is 0 Å². The molecule has 0 radical (unpaired) electrons. The summed E-state index contributed by atoms with van der Waals surface area (Å²) in [5.74, 6) is 0. The third kappa shape index (κ3) is 1.77. The topological polar surface area (TPSA) is 16.1 Å². The van der Waals surface area contributed by atoms with E-state index in [0.29, 0.717) is 0 Å². The Morgan fingerprint density at radius 3 is 2.88 bits per heavy atom. The third-order valence-electron chi connectivity index (χ3n) is 2.94. The molecule has 0 atom stereocenters. The first-order valence-corrected chi connectivity index (χ1v) is 6.37. The second-order valence-corrected chi connectivity index (χ2v) is 5.33. The van der Waals surface area contributed by atoms with Gasteiger partial charge in [0.15, 0.2) is 0 Å². The van der Waals surface area contributed by atoms with Crippen molar-refractivity contribution in [1.29, 1.82) is 0 Å². The second kappa shape index (κ2) is 4.00. The number of aromatic nitrogens is 1. The van der Waals surface area contributed by atoms with Gasteiger partial charge in [-0.2, -0.15) is 0 Å². The van der Waals surface area contributed by atoms with Gasteiger partial charge in [0.05, 0.1) is 5.69 Å². The molecule has 2 aromatic rings. The molecule has 0 fully saturated rings. The molecule has 16 heavy (non-hydrogen) atoms. The van der Waals surface area contributed by atoms with Gasteiger partial charge in [0.1, 0.15) is 5.01 Å². The molecule has 2 nitrogen and oxygen atoms in total. The lowest BCUT2D eigenvalue weighted by molar-refractivity contribution is 0.311.